The minimum atomic E-state index is 0.0734. The van der Waals surface area contributed by atoms with Crippen LogP contribution in [-0.4, -0.2) is 25.0 Å². The molecule has 0 aromatic heterocycles. The van der Waals surface area contributed by atoms with Gasteiger partial charge in [0.25, 0.3) is 0 Å². The van der Waals surface area contributed by atoms with E-state index in [1.165, 1.54) is 19.3 Å². The van der Waals surface area contributed by atoms with Gasteiger partial charge in [-0.2, -0.15) is 0 Å². The van der Waals surface area contributed by atoms with E-state index in [9.17, 15) is 4.79 Å². The van der Waals surface area contributed by atoms with E-state index in [0.29, 0.717) is 6.04 Å². The van der Waals surface area contributed by atoms with E-state index in [4.69, 9.17) is 0 Å². The number of nitrogens with one attached hydrogen (secondary N) is 2. The quantitative estimate of drug-likeness (QED) is 0.692. The van der Waals surface area contributed by atoms with Crippen LogP contribution in [0.3, 0.4) is 0 Å². The fraction of sp³-hybridized carbons (Fsp3) is 0.750. The summed E-state index contributed by atoms with van der Waals surface area (Å²) in [5, 5.41) is 6.38. The molecule has 1 rings (SSSR count). The Balaban J connectivity index is 2.23. The van der Waals surface area contributed by atoms with Crippen LogP contribution in [0.1, 0.15) is 39.5 Å². The fourth-order valence-electron chi connectivity index (χ4n) is 1.85. The number of piperidine rings is 1. The first kappa shape index (κ1) is 12.2. The highest BCUT2D eigenvalue weighted by Crippen LogP contribution is 2.06. The SMILES string of the molecule is CCC=C(C)C(=O)NCC1CCCCN1. The first-order valence-corrected chi connectivity index (χ1v) is 5.92. The lowest BCUT2D eigenvalue weighted by Gasteiger charge is -2.23. The molecule has 15 heavy (non-hydrogen) atoms. The number of hydrogen-bond donors (Lipinski definition) is 2. The number of amides is 1. The second kappa shape index (κ2) is 6.62. The third-order valence-electron chi connectivity index (χ3n) is 2.79. The molecule has 3 heteroatoms. The molecule has 3 nitrogen and oxygen atoms in total. The van der Waals surface area contributed by atoms with Crippen molar-refractivity contribution in [2.24, 2.45) is 0 Å². The zero-order valence-electron chi connectivity index (χ0n) is 9.81. The molecule has 1 heterocycles. The van der Waals surface area contributed by atoms with Gasteiger partial charge in [0.05, 0.1) is 0 Å². The van der Waals surface area contributed by atoms with Crippen molar-refractivity contribution in [1.29, 1.82) is 0 Å². The Bertz CT molecular complexity index is 230. The molecule has 0 bridgehead atoms. The van der Waals surface area contributed by atoms with Crippen molar-refractivity contribution in [3.8, 4) is 0 Å². The lowest BCUT2D eigenvalue weighted by Crippen LogP contribution is -2.43. The molecular weight excluding hydrogens is 188 g/mol. The van der Waals surface area contributed by atoms with Crippen molar-refractivity contribution in [2.45, 2.75) is 45.6 Å². The number of carbonyl (C=O) groups excluding carboxylic acids is 1. The number of carbonyl (C=O) groups is 1. The largest absolute Gasteiger partial charge is 0.351 e. The Morgan fingerprint density at radius 2 is 2.33 bits per heavy atom. The maximum Gasteiger partial charge on any atom is 0.246 e. The molecule has 1 aliphatic heterocycles. The molecule has 0 spiro atoms. The highest BCUT2D eigenvalue weighted by molar-refractivity contribution is 5.92. The molecule has 1 unspecified atom stereocenters. The van der Waals surface area contributed by atoms with Gasteiger partial charge in [-0.1, -0.05) is 19.4 Å². The monoisotopic (exact) mass is 210 g/mol. The lowest BCUT2D eigenvalue weighted by atomic mass is 10.1. The Morgan fingerprint density at radius 3 is 2.93 bits per heavy atom. The highest BCUT2D eigenvalue weighted by Gasteiger charge is 2.13. The molecule has 0 saturated carbocycles. The van der Waals surface area contributed by atoms with Gasteiger partial charge in [0.1, 0.15) is 0 Å². The predicted molar refractivity (Wildman–Crippen MR) is 62.7 cm³/mol. The summed E-state index contributed by atoms with van der Waals surface area (Å²) in [4.78, 5) is 11.6. The van der Waals surface area contributed by atoms with Gasteiger partial charge >= 0.3 is 0 Å². The van der Waals surface area contributed by atoms with E-state index in [2.05, 4.69) is 10.6 Å². The molecule has 1 amide bonds. The van der Waals surface area contributed by atoms with Crippen LogP contribution in [0.2, 0.25) is 0 Å². The third-order valence-corrected chi connectivity index (χ3v) is 2.79. The van der Waals surface area contributed by atoms with Gasteiger partial charge in [0.2, 0.25) is 5.91 Å². The molecule has 1 atom stereocenters. The Morgan fingerprint density at radius 1 is 1.53 bits per heavy atom. The predicted octanol–water partition coefficient (Wildman–Crippen LogP) is 1.60. The second-order valence-electron chi connectivity index (χ2n) is 4.15. The first-order chi connectivity index (χ1) is 7.24. The van der Waals surface area contributed by atoms with Crippen LogP contribution in [0.4, 0.5) is 0 Å². The maximum absolute atomic E-state index is 11.6. The van der Waals surface area contributed by atoms with Crippen molar-refractivity contribution in [3.05, 3.63) is 11.6 Å². The zero-order valence-corrected chi connectivity index (χ0v) is 9.81. The van der Waals surface area contributed by atoms with Crippen molar-refractivity contribution in [3.63, 3.8) is 0 Å². The topological polar surface area (TPSA) is 41.1 Å². The summed E-state index contributed by atoms with van der Waals surface area (Å²) < 4.78 is 0. The summed E-state index contributed by atoms with van der Waals surface area (Å²) in [5.41, 5.74) is 0.827. The molecule has 0 aliphatic carbocycles. The summed E-state index contributed by atoms with van der Waals surface area (Å²) >= 11 is 0. The van der Waals surface area contributed by atoms with Crippen molar-refractivity contribution >= 4 is 5.91 Å². The van der Waals surface area contributed by atoms with Crippen LogP contribution in [0.5, 0.6) is 0 Å². The summed E-state index contributed by atoms with van der Waals surface area (Å²) in [7, 11) is 0. The van der Waals surface area contributed by atoms with Gasteiger partial charge in [-0.3, -0.25) is 4.79 Å². The van der Waals surface area contributed by atoms with Crippen molar-refractivity contribution in [2.75, 3.05) is 13.1 Å². The van der Waals surface area contributed by atoms with Crippen molar-refractivity contribution in [1.82, 2.24) is 10.6 Å². The molecule has 86 valence electrons. The standard InChI is InChI=1S/C12H22N2O/c1-3-6-10(2)12(15)14-9-11-7-4-5-8-13-11/h6,11,13H,3-5,7-9H2,1-2H3,(H,14,15). The molecule has 0 radical (unpaired) electrons. The fourth-order valence-corrected chi connectivity index (χ4v) is 1.85. The summed E-state index contributed by atoms with van der Waals surface area (Å²) in [6, 6.07) is 0.470. The van der Waals surface area contributed by atoms with E-state index in [-0.39, 0.29) is 5.91 Å². The van der Waals surface area contributed by atoms with Crippen LogP contribution < -0.4 is 10.6 Å². The van der Waals surface area contributed by atoms with Gasteiger partial charge in [0.15, 0.2) is 0 Å². The van der Waals surface area contributed by atoms with E-state index < -0.39 is 0 Å². The average molecular weight is 210 g/mol. The maximum atomic E-state index is 11.6. The summed E-state index contributed by atoms with van der Waals surface area (Å²) in [5.74, 6) is 0.0734. The summed E-state index contributed by atoms with van der Waals surface area (Å²) in [6.45, 7) is 5.75. The first-order valence-electron chi connectivity index (χ1n) is 5.92. The number of hydrogen-bond acceptors (Lipinski definition) is 2. The number of allylic oxidation sites excluding steroid dienone is 1. The van der Waals surface area contributed by atoms with Gasteiger partial charge in [-0.15, -0.1) is 0 Å². The lowest BCUT2D eigenvalue weighted by molar-refractivity contribution is -0.117. The van der Waals surface area contributed by atoms with Crippen LogP contribution in [0, 0.1) is 0 Å². The minimum Gasteiger partial charge on any atom is -0.351 e. The van der Waals surface area contributed by atoms with E-state index in [1.807, 2.05) is 19.9 Å². The Kier molecular flexibility index (Phi) is 5.40. The normalized spacial score (nSPS) is 22.5. The molecule has 1 saturated heterocycles. The highest BCUT2D eigenvalue weighted by atomic mass is 16.1. The second-order valence-corrected chi connectivity index (χ2v) is 4.15. The van der Waals surface area contributed by atoms with Gasteiger partial charge in [-0.05, 0) is 32.7 Å². The van der Waals surface area contributed by atoms with Crippen LogP contribution in [0.15, 0.2) is 11.6 Å². The zero-order chi connectivity index (χ0) is 11.1. The Hall–Kier alpha value is -0.830. The van der Waals surface area contributed by atoms with Gasteiger partial charge in [0, 0.05) is 18.2 Å². The van der Waals surface area contributed by atoms with E-state index in [1.54, 1.807) is 0 Å². The van der Waals surface area contributed by atoms with Crippen molar-refractivity contribution < 1.29 is 4.79 Å². The van der Waals surface area contributed by atoms with E-state index >= 15 is 0 Å². The smallest absolute Gasteiger partial charge is 0.246 e. The molecule has 2 N–H and O–H groups in total. The molecule has 1 fully saturated rings. The average Bonchev–Trinajstić information content (AvgIpc) is 2.27. The van der Waals surface area contributed by atoms with Crippen LogP contribution >= 0.6 is 0 Å². The third kappa shape index (κ3) is 4.47. The van der Waals surface area contributed by atoms with Crippen LogP contribution in [-0.2, 0) is 4.79 Å². The number of rotatable bonds is 4. The van der Waals surface area contributed by atoms with Gasteiger partial charge in [-0.25, -0.2) is 0 Å². The minimum absolute atomic E-state index is 0.0734. The van der Waals surface area contributed by atoms with E-state index in [0.717, 1.165) is 25.1 Å². The Labute approximate surface area is 92.3 Å². The molecule has 1 aliphatic rings. The summed E-state index contributed by atoms with van der Waals surface area (Å²) in [6.07, 6.45) is 6.60. The molecule has 0 aromatic carbocycles. The molecule has 0 aromatic rings. The van der Waals surface area contributed by atoms with Gasteiger partial charge < -0.3 is 10.6 Å². The molecular formula is C12H22N2O. The van der Waals surface area contributed by atoms with Crippen LogP contribution in [0.25, 0.3) is 0 Å².